The molecule has 0 N–H and O–H groups in total. The maximum atomic E-state index is 9.26. The van der Waals surface area contributed by atoms with Crippen molar-refractivity contribution in [2.75, 3.05) is 0 Å². The van der Waals surface area contributed by atoms with Gasteiger partial charge in [-0.2, -0.15) is 0 Å². The molecule has 6 nitrogen and oxygen atoms in total. The number of carbonyl (C=O) groups is 3. The molecule has 0 radical (unpaired) electrons. The average Bonchev–Trinajstić information content (AvgIpc) is 2.19. The minimum atomic E-state index is -0.995. The molecule has 0 aliphatic rings. The summed E-state index contributed by atoms with van der Waals surface area (Å²) < 4.78 is 0. The van der Waals surface area contributed by atoms with Crippen LogP contribution in [-0.4, -0.2) is 17.9 Å². The first-order valence-corrected chi connectivity index (χ1v) is 4.41. The van der Waals surface area contributed by atoms with Crippen LogP contribution >= 0.6 is 0 Å². The third-order valence-electron chi connectivity index (χ3n) is 0.866. The zero-order valence-corrected chi connectivity index (χ0v) is 12.0. The van der Waals surface area contributed by atoms with Crippen molar-refractivity contribution in [3.63, 3.8) is 0 Å². The van der Waals surface area contributed by atoms with Crippen molar-refractivity contribution < 1.29 is 49.5 Å². The predicted molar refractivity (Wildman–Crippen MR) is 45.9 cm³/mol. The van der Waals surface area contributed by atoms with Crippen molar-refractivity contribution in [2.45, 2.75) is 40.0 Å². The SMILES string of the molecule is CCC(=O)[O-].CCC(=O)[O-].CCC(=O)[O-].[Os]. The molecule has 0 saturated carbocycles. The second kappa shape index (κ2) is 19.6. The molecule has 0 unspecified atom stereocenters. The molecule has 98 valence electrons. The van der Waals surface area contributed by atoms with E-state index in [-0.39, 0.29) is 39.1 Å². The summed E-state index contributed by atoms with van der Waals surface area (Å²) in [6.07, 6.45) is 0.333. The van der Waals surface area contributed by atoms with Gasteiger partial charge in [-0.1, -0.05) is 20.8 Å². The number of hydrogen-bond donors (Lipinski definition) is 0. The fourth-order valence-corrected chi connectivity index (χ4v) is 0. The zero-order valence-electron chi connectivity index (χ0n) is 9.42. The number of hydrogen-bond acceptors (Lipinski definition) is 6. The molecule has 0 aliphatic carbocycles. The van der Waals surface area contributed by atoms with Gasteiger partial charge in [-0.05, 0) is 19.3 Å². The minimum Gasteiger partial charge on any atom is -0.550 e. The molecule has 0 spiro atoms. The third kappa shape index (κ3) is 74.3. The van der Waals surface area contributed by atoms with Gasteiger partial charge in [0.1, 0.15) is 0 Å². The van der Waals surface area contributed by atoms with Crippen LogP contribution in [0.3, 0.4) is 0 Å². The Morgan fingerprint density at radius 3 is 0.750 bits per heavy atom. The van der Waals surface area contributed by atoms with E-state index < -0.39 is 17.9 Å². The van der Waals surface area contributed by atoms with Gasteiger partial charge in [0.15, 0.2) is 0 Å². The summed E-state index contributed by atoms with van der Waals surface area (Å²) >= 11 is 0. The summed E-state index contributed by atoms with van der Waals surface area (Å²) in [6, 6.07) is 0. The average molecular weight is 409 g/mol. The number of carboxylic acids is 3. The van der Waals surface area contributed by atoms with Crippen LogP contribution in [0, 0.1) is 0 Å². The Kier molecular flexibility index (Phi) is 29.8. The quantitative estimate of drug-likeness (QED) is 0.506. The summed E-state index contributed by atoms with van der Waals surface area (Å²) in [4.78, 5) is 27.8. The molecule has 16 heavy (non-hydrogen) atoms. The van der Waals surface area contributed by atoms with E-state index in [4.69, 9.17) is 0 Å². The second-order valence-electron chi connectivity index (χ2n) is 2.18. The molecular formula is C9H15O6Os-3. The molecule has 7 heteroatoms. The van der Waals surface area contributed by atoms with Crippen molar-refractivity contribution in [1.29, 1.82) is 0 Å². The van der Waals surface area contributed by atoms with Crippen molar-refractivity contribution in [3.8, 4) is 0 Å². The first-order valence-electron chi connectivity index (χ1n) is 4.41. The maximum Gasteiger partial charge on any atom is 0.0411 e. The van der Waals surface area contributed by atoms with Gasteiger partial charge in [0.2, 0.25) is 0 Å². The van der Waals surface area contributed by atoms with Gasteiger partial charge in [0, 0.05) is 37.7 Å². The first kappa shape index (κ1) is 24.3. The van der Waals surface area contributed by atoms with Crippen LogP contribution in [0.15, 0.2) is 0 Å². The Morgan fingerprint density at radius 1 is 0.688 bits per heavy atom. The van der Waals surface area contributed by atoms with Crippen molar-refractivity contribution in [2.24, 2.45) is 0 Å². The van der Waals surface area contributed by atoms with Gasteiger partial charge in [0.05, 0.1) is 0 Å². The van der Waals surface area contributed by atoms with Crippen molar-refractivity contribution in [1.82, 2.24) is 0 Å². The van der Waals surface area contributed by atoms with Crippen LogP contribution in [0.5, 0.6) is 0 Å². The van der Waals surface area contributed by atoms with Gasteiger partial charge in [0.25, 0.3) is 0 Å². The van der Waals surface area contributed by atoms with E-state index in [1.807, 2.05) is 0 Å². The number of carbonyl (C=O) groups excluding carboxylic acids is 3. The molecule has 0 aliphatic heterocycles. The Labute approximate surface area is 108 Å². The summed E-state index contributed by atoms with van der Waals surface area (Å²) in [7, 11) is 0. The Balaban J connectivity index is -0.0000000655. The molecular weight excluding hydrogens is 394 g/mol. The first-order chi connectivity index (χ1) is 6.81. The molecule has 0 atom stereocenters. The van der Waals surface area contributed by atoms with E-state index in [2.05, 4.69) is 0 Å². The molecule has 0 heterocycles. The van der Waals surface area contributed by atoms with Gasteiger partial charge < -0.3 is 29.7 Å². The summed E-state index contributed by atoms with van der Waals surface area (Å²) in [5.41, 5.74) is 0. The van der Waals surface area contributed by atoms with Gasteiger partial charge in [-0.3, -0.25) is 0 Å². The van der Waals surface area contributed by atoms with E-state index in [0.717, 1.165) is 0 Å². The molecule has 0 aromatic rings. The fraction of sp³-hybridized carbons (Fsp3) is 0.667. The standard InChI is InChI=1S/3C3H6O2.Os/c3*1-2-3(4)5;/h3*2H2,1H3,(H,4,5);/p-3. The van der Waals surface area contributed by atoms with Crippen LogP contribution < -0.4 is 15.3 Å². The maximum absolute atomic E-state index is 9.26. The largest absolute Gasteiger partial charge is 0.550 e. The van der Waals surface area contributed by atoms with E-state index >= 15 is 0 Å². The Bertz CT molecular complexity index is 159. The Hall–Kier alpha value is -0.954. The van der Waals surface area contributed by atoms with Crippen LogP contribution in [0.25, 0.3) is 0 Å². The molecule has 0 aromatic heterocycles. The topological polar surface area (TPSA) is 120 Å². The predicted octanol–water partition coefficient (Wildman–Crippen LogP) is -2.56. The smallest absolute Gasteiger partial charge is 0.0411 e. The van der Waals surface area contributed by atoms with Crippen LogP contribution in [-0.2, 0) is 34.2 Å². The van der Waals surface area contributed by atoms with E-state index in [1.165, 1.54) is 20.8 Å². The zero-order chi connectivity index (χ0) is 12.9. The molecule has 0 fully saturated rings. The van der Waals surface area contributed by atoms with Crippen LogP contribution in [0.4, 0.5) is 0 Å². The molecule has 0 bridgehead atoms. The summed E-state index contributed by atoms with van der Waals surface area (Å²) in [5.74, 6) is -2.99. The normalized spacial score (nSPS) is 6.94. The Morgan fingerprint density at radius 2 is 0.750 bits per heavy atom. The fourth-order valence-electron chi connectivity index (χ4n) is 0. The molecule has 0 saturated heterocycles. The van der Waals surface area contributed by atoms with Crippen LogP contribution in [0.2, 0.25) is 0 Å². The monoisotopic (exact) mass is 411 g/mol. The minimum absolute atomic E-state index is 0. The second-order valence-corrected chi connectivity index (χ2v) is 2.18. The van der Waals surface area contributed by atoms with Gasteiger partial charge >= 0.3 is 0 Å². The molecule has 0 aromatic carbocycles. The van der Waals surface area contributed by atoms with E-state index in [1.54, 1.807) is 0 Å². The number of aliphatic carboxylic acids is 3. The van der Waals surface area contributed by atoms with Crippen molar-refractivity contribution >= 4 is 17.9 Å². The van der Waals surface area contributed by atoms with Crippen LogP contribution in [0.1, 0.15) is 40.0 Å². The number of carboxylic acid groups (broad SMARTS) is 3. The summed E-state index contributed by atoms with van der Waals surface area (Å²) in [6.45, 7) is 4.61. The molecule has 0 rings (SSSR count). The van der Waals surface area contributed by atoms with Gasteiger partial charge in [-0.25, -0.2) is 0 Å². The molecule has 0 amide bonds. The van der Waals surface area contributed by atoms with Crippen molar-refractivity contribution in [3.05, 3.63) is 0 Å². The van der Waals surface area contributed by atoms with E-state index in [0.29, 0.717) is 0 Å². The number of rotatable bonds is 3. The van der Waals surface area contributed by atoms with Gasteiger partial charge in [-0.15, -0.1) is 0 Å². The third-order valence-corrected chi connectivity index (χ3v) is 0.866. The van der Waals surface area contributed by atoms with E-state index in [9.17, 15) is 29.7 Å². The summed E-state index contributed by atoms with van der Waals surface area (Å²) in [5, 5.41) is 27.8.